The average molecular weight is 312 g/mol. The highest BCUT2D eigenvalue weighted by atomic mass is 79.9. The molecular weight excluding hydrogens is 298 g/mol. The van der Waals surface area contributed by atoms with Crippen molar-refractivity contribution in [3.05, 3.63) is 28.7 Å². The zero-order valence-corrected chi connectivity index (χ0v) is 11.8. The summed E-state index contributed by atoms with van der Waals surface area (Å²) in [5.74, 6) is 0.727. The first-order valence-electron chi connectivity index (χ1n) is 5.76. The minimum absolute atomic E-state index is 0.145. The number of aromatic nitrogens is 3. The van der Waals surface area contributed by atoms with Crippen LogP contribution in [-0.2, 0) is 0 Å². The van der Waals surface area contributed by atoms with Gasteiger partial charge in [-0.2, -0.15) is 4.98 Å². The van der Waals surface area contributed by atoms with Gasteiger partial charge >= 0.3 is 0 Å². The van der Waals surface area contributed by atoms with Gasteiger partial charge in [-0.05, 0) is 41.4 Å². The molecule has 2 unspecified atom stereocenters. The number of aliphatic hydroxyl groups is 1. The van der Waals surface area contributed by atoms with Gasteiger partial charge in [0.1, 0.15) is 5.69 Å². The summed E-state index contributed by atoms with van der Waals surface area (Å²) in [6.07, 6.45) is 1.89. The molecule has 0 aliphatic heterocycles. The van der Waals surface area contributed by atoms with Crippen LogP contribution < -0.4 is 0 Å². The topological polar surface area (TPSA) is 72.0 Å². The van der Waals surface area contributed by atoms with Gasteiger partial charge < -0.3 is 9.63 Å². The maximum atomic E-state index is 9.65. The molecule has 2 aromatic heterocycles. The van der Waals surface area contributed by atoms with Crippen molar-refractivity contribution in [2.75, 3.05) is 0 Å². The highest BCUT2D eigenvalue weighted by Gasteiger charge is 2.23. The molecule has 96 valence electrons. The second-order valence-corrected chi connectivity index (χ2v) is 4.90. The summed E-state index contributed by atoms with van der Waals surface area (Å²) in [5.41, 5.74) is 0.632. The van der Waals surface area contributed by atoms with Gasteiger partial charge in [-0.25, -0.2) is 0 Å². The maximum Gasteiger partial charge on any atom is 0.232 e. The molecule has 0 fully saturated rings. The molecule has 0 aliphatic carbocycles. The van der Waals surface area contributed by atoms with Crippen LogP contribution in [0.1, 0.15) is 32.1 Å². The van der Waals surface area contributed by atoms with Gasteiger partial charge in [-0.15, -0.1) is 0 Å². The lowest BCUT2D eigenvalue weighted by Gasteiger charge is -2.12. The first kappa shape index (κ1) is 13.2. The van der Waals surface area contributed by atoms with Crippen molar-refractivity contribution in [1.82, 2.24) is 15.1 Å². The Morgan fingerprint density at radius 3 is 2.89 bits per heavy atom. The number of pyridine rings is 1. The highest BCUT2D eigenvalue weighted by molar-refractivity contribution is 9.10. The summed E-state index contributed by atoms with van der Waals surface area (Å²) in [4.78, 5) is 8.50. The summed E-state index contributed by atoms with van der Waals surface area (Å²) in [6, 6.07) is 3.68. The van der Waals surface area contributed by atoms with Crippen LogP contribution in [0, 0.1) is 0 Å². The molecule has 18 heavy (non-hydrogen) atoms. The minimum Gasteiger partial charge on any atom is -0.393 e. The van der Waals surface area contributed by atoms with E-state index in [-0.39, 0.29) is 5.92 Å². The number of hydrogen-bond donors (Lipinski definition) is 1. The number of rotatable bonds is 4. The Balaban J connectivity index is 2.34. The average Bonchev–Trinajstić information content (AvgIpc) is 2.79. The summed E-state index contributed by atoms with van der Waals surface area (Å²) >= 11 is 3.39. The molecule has 2 heterocycles. The second kappa shape index (κ2) is 5.58. The van der Waals surface area contributed by atoms with E-state index < -0.39 is 6.10 Å². The minimum atomic E-state index is -0.518. The standard InChI is InChI=1S/C12H14BrN3O2/c1-3-8(7(2)17)12-15-11(16-18-12)10-9(13)5-4-6-14-10/h4-8,17H,3H2,1-2H3. The van der Waals surface area contributed by atoms with Gasteiger partial charge in [0.05, 0.1) is 12.0 Å². The van der Waals surface area contributed by atoms with Gasteiger partial charge in [0.25, 0.3) is 0 Å². The number of halogens is 1. The number of hydrogen-bond acceptors (Lipinski definition) is 5. The quantitative estimate of drug-likeness (QED) is 0.940. The smallest absolute Gasteiger partial charge is 0.232 e. The molecule has 0 amide bonds. The molecule has 2 atom stereocenters. The van der Waals surface area contributed by atoms with Crippen LogP contribution in [0.25, 0.3) is 11.5 Å². The molecule has 0 bridgehead atoms. The Morgan fingerprint density at radius 1 is 1.50 bits per heavy atom. The van der Waals surface area contributed by atoms with Crippen molar-refractivity contribution in [3.8, 4) is 11.5 Å². The van der Waals surface area contributed by atoms with Crippen molar-refractivity contribution in [1.29, 1.82) is 0 Å². The van der Waals surface area contributed by atoms with E-state index in [9.17, 15) is 5.11 Å². The lowest BCUT2D eigenvalue weighted by molar-refractivity contribution is 0.141. The number of nitrogens with zero attached hydrogens (tertiary/aromatic N) is 3. The van der Waals surface area contributed by atoms with E-state index in [4.69, 9.17) is 4.52 Å². The predicted molar refractivity (Wildman–Crippen MR) is 69.9 cm³/mol. The molecule has 0 radical (unpaired) electrons. The SMILES string of the molecule is CCC(c1nc(-c2ncccc2Br)no1)C(C)O. The van der Waals surface area contributed by atoms with Crippen molar-refractivity contribution in [3.63, 3.8) is 0 Å². The van der Waals surface area contributed by atoms with Crippen molar-refractivity contribution in [2.45, 2.75) is 32.3 Å². The molecule has 0 aliphatic rings. The predicted octanol–water partition coefficient (Wildman–Crippen LogP) is 2.77. The Morgan fingerprint density at radius 2 is 2.28 bits per heavy atom. The summed E-state index contributed by atoms with van der Waals surface area (Å²) in [5, 5.41) is 13.6. The Bertz CT molecular complexity index is 528. The molecule has 0 aromatic carbocycles. The van der Waals surface area contributed by atoms with Crippen LogP contribution in [0.2, 0.25) is 0 Å². The molecule has 2 rings (SSSR count). The molecule has 0 saturated carbocycles. The molecule has 2 aromatic rings. The van der Waals surface area contributed by atoms with Gasteiger partial charge in [0, 0.05) is 10.7 Å². The molecule has 0 saturated heterocycles. The highest BCUT2D eigenvalue weighted by Crippen LogP contribution is 2.27. The Labute approximate surface area is 113 Å². The molecule has 1 N–H and O–H groups in total. The van der Waals surface area contributed by atoms with E-state index in [1.165, 1.54) is 0 Å². The van der Waals surface area contributed by atoms with E-state index in [0.717, 1.165) is 10.9 Å². The first-order chi connectivity index (χ1) is 8.63. The van der Waals surface area contributed by atoms with Gasteiger partial charge in [-0.1, -0.05) is 12.1 Å². The first-order valence-corrected chi connectivity index (χ1v) is 6.55. The molecule has 6 heteroatoms. The van der Waals surface area contributed by atoms with Crippen LogP contribution in [0.3, 0.4) is 0 Å². The fourth-order valence-electron chi connectivity index (χ4n) is 1.75. The van der Waals surface area contributed by atoms with E-state index in [2.05, 4.69) is 31.1 Å². The third-order valence-corrected chi connectivity index (χ3v) is 3.39. The Kier molecular flexibility index (Phi) is 4.08. The fourth-order valence-corrected chi connectivity index (χ4v) is 2.19. The van der Waals surface area contributed by atoms with E-state index in [1.807, 2.05) is 19.1 Å². The van der Waals surface area contributed by atoms with Crippen molar-refractivity contribution < 1.29 is 9.63 Å². The Hall–Kier alpha value is -1.27. The molecule has 0 spiro atoms. The van der Waals surface area contributed by atoms with Gasteiger partial charge in [0.2, 0.25) is 11.7 Å². The zero-order valence-electron chi connectivity index (χ0n) is 10.2. The van der Waals surface area contributed by atoms with Gasteiger partial charge in [0.15, 0.2) is 0 Å². The third kappa shape index (κ3) is 2.59. The van der Waals surface area contributed by atoms with Crippen molar-refractivity contribution >= 4 is 15.9 Å². The fraction of sp³-hybridized carbons (Fsp3) is 0.417. The second-order valence-electron chi connectivity index (χ2n) is 4.05. The molecule has 5 nitrogen and oxygen atoms in total. The lowest BCUT2D eigenvalue weighted by Crippen LogP contribution is -2.14. The molecular formula is C12H14BrN3O2. The van der Waals surface area contributed by atoms with Gasteiger partial charge in [-0.3, -0.25) is 4.98 Å². The van der Waals surface area contributed by atoms with Crippen molar-refractivity contribution in [2.24, 2.45) is 0 Å². The van der Waals surface area contributed by atoms with Crippen LogP contribution in [-0.4, -0.2) is 26.3 Å². The van der Waals surface area contributed by atoms with Crippen LogP contribution >= 0.6 is 15.9 Å². The summed E-state index contributed by atoms with van der Waals surface area (Å²) in [7, 11) is 0. The van der Waals surface area contributed by atoms with E-state index in [0.29, 0.717) is 17.4 Å². The van der Waals surface area contributed by atoms with E-state index in [1.54, 1.807) is 13.1 Å². The summed E-state index contributed by atoms with van der Waals surface area (Å²) < 4.78 is 6.01. The monoisotopic (exact) mass is 311 g/mol. The summed E-state index contributed by atoms with van der Waals surface area (Å²) in [6.45, 7) is 3.69. The maximum absolute atomic E-state index is 9.65. The van der Waals surface area contributed by atoms with Crippen LogP contribution in [0.5, 0.6) is 0 Å². The normalized spacial score (nSPS) is 14.4. The van der Waals surface area contributed by atoms with Crippen LogP contribution in [0.4, 0.5) is 0 Å². The van der Waals surface area contributed by atoms with E-state index >= 15 is 0 Å². The number of aliphatic hydroxyl groups excluding tert-OH is 1. The lowest BCUT2D eigenvalue weighted by atomic mass is 10.0. The third-order valence-electron chi connectivity index (χ3n) is 2.75. The zero-order chi connectivity index (χ0) is 13.1. The largest absolute Gasteiger partial charge is 0.393 e. The van der Waals surface area contributed by atoms with Crippen LogP contribution in [0.15, 0.2) is 27.3 Å².